The van der Waals surface area contributed by atoms with Crippen molar-refractivity contribution < 1.29 is 4.74 Å². The number of halogens is 1. The largest absolute Gasteiger partial charge is 0.428 e. The molecule has 0 radical (unpaired) electrons. The van der Waals surface area contributed by atoms with Crippen LogP contribution in [0.25, 0.3) is 10.9 Å². The van der Waals surface area contributed by atoms with Gasteiger partial charge in [0.1, 0.15) is 5.75 Å². The Morgan fingerprint density at radius 1 is 1.18 bits per heavy atom. The molecule has 1 aromatic carbocycles. The topological polar surface area (TPSA) is 47.9 Å². The maximum atomic E-state index is 5.56. The Hall–Kier alpha value is -1.53. The Balaban J connectivity index is 1.95. The van der Waals surface area contributed by atoms with Crippen molar-refractivity contribution in [2.45, 2.75) is 0 Å². The van der Waals surface area contributed by atoms with Crippen molar-refractivity contribution in [2.24, 2.45) is 0 Å². The summed E-state index contributed by atoms with van der Waals surface area (Å²) in [5, 5.41) is 9.21. The van der Waals surface area contributed by atoms with Crippen LogP contribution in [0.1, 0.15) is 0 Å². The third kappa shape index (κ3) is 2.27. The highest BCUT2D eigenvalue weighted by atomic mass is 79.9. The molecule has 0 saturated carbocycles. The smallest absolute Gasteiger partial charge is 0.300 e. The van der Waals surface area contributed by atoms with E-state index in [1.165, 1.54) is 11.3 Å². The van der Waals surface area contributed by atoms with E-state index in [-0.39, 0.29) is 0 Å². The Bertz CT molecular complexity index is 670. The molecule has 0 fully saturated rings. The number of aromatic nitrogens is 3. The predicted molar refractivity (Wildman–Crippen MR) is 69.4 cm³/mol. The molecule has 84 valence electrons. The summed E-state index contributed by atoms with van der Waals surface area (Å²) in [5.41, 5.74) is 0.943. The van der Waals surface area contributed by atoms with Gasteiger partial charge in [0.15, 0.2) is 3.92 Å². The molecule has 0 aliphatic rings. The summed E-state index contributed by atoms with van der Waals surface area (Å²) in [6, 6.07) is 9.80. The summed E-state index contributed by atoms with van der Waals surface area (Å²) < 4.78 is 6.26. The molecule has 0 amide bonds. The van der Waals surface area contributed by atoms with Crippen LogP contribution in [0.4, 0.5) is 0 Å². The lowest BCUT2D eigenvalue weighted by Gasteiger charge is -2.01. The van der Waals surface area contributed by atoms with Crippen LogP contribution in [0.3, 0.4) is 0 Å². The Morgan fingerprint density at radius 3 is 2.88 bits per heavy atom. The third-order valence-corrected chi connectivity index (χ3v) is 3.39. The number of rotatable bonds is 2. The summed E-state index contributed by atoms with van der Waals surface area (Å²) >= 11 is 4.57. The van der Waals surface area contributed by atoms with Crippen LogP contribution in [-0.2, 0) is 0 Å². The van der Waals surface area contributed by atoms with Gasteiger partial charge in [0.25, 0.3) is 5.19 Å². The van der Waals surface area contributed by atoms with Gasteiger partial charge in [0.2, 0.25) is 0 Å². The number of fused-ring (bicyclic) bond motifs is 1. The lowest BCUT2D eigenvalue weighted by Crippen LogP contribution is -1.85. The molecule has 0 spiro atoms. The molecule has 0 N–H and O–H groups in total. The van der Waals surface area contributed by atoms with Crippen molar-refractivity contribution >= 4 is 38.2 Å². The summed E-state index contributed by atoms with van der Waals surface area (Å²) in [5.74, 6) is 0.660. The van der Waals surface area contributed by atoms with Gasteiger partial charge in [-0.1, -0.05) is 23.3 Å². The van der Waals surface area contributed by atoms with Crippen molar-refractivity contribution in [3.05, 3.63) is 40.4 Å². The lowest BCUT2D eigenvalue weighted by molar-refractivity contribution is 0.472. The zero-order chi connectivity index (χ0) is 11.7. The van der Waals surface area contributed by atoms with E-state index in [0.29, 0.717) is 14.9 Å². The van der Waals surface area contributed by atoms with Gasteiger partial charge >= 0.3 is 0 Å². The first-order valence-corrected chi connectivity index (χ1v) is 6.44. The van der Waals surface area contributed by atoms with Crippen LogP contribution in [0.15, 0.2) is 40.4 Å². The van der Waals surface area contributed by atoms with Crippen LogP contribution in [0.2, 0.25) is 0 Å². The second kappa shape index (κ2) is 4.38. The molecule has 0 unspecified atom stereocenters. The molecule has 6 heteroatoms. The minimum absolute atomic E-state index is 0.494. The van der Waals surface area contributed by atoms with Gasteiger partial charge in [0, 0.05) is 5.39 Å². The SMILES string of the molecule is Brc1nnc(Oc2cnc3ccccc3c2)s1. The van der Waals surface area contributed by atoms with E-state index >= 15 is 0 Å². The molecule has 4 nitrogen and oxygen atoms in total. The van der Waals surface area contributed by atoms with Gasteiger partial charge in [-0.3, -0.25) is 4.98 Å². The molecule has 17 heavy (non-hydrogen) atoms. The Morgan fingerprint density at radius 2 is 2.06 bits per heavy atom. The fraction of sp³-hybridized carbons (Fsp3) is 0. The van der Waals surface area contributed by atoms with Crippen LogP contribution in [0.5, 0.6) is 10.9 Å². The van der Waals surface area contributed by atoms with E-state index in [9.17, 15) is 0 Å². The lowest BCUT2D eigenvalue weighted by atomic mass is 10.2. The van der Waals surface area contributed by atoms with E-state index in [4.69, 9.17) is 4.74 Å². The quantitative estimate of drug-likeness (QED) is 0.725. The monoisotopic (exact) mass is 307 g/mol. The summed E-state index contributed by atoms with van der Waals surface area (Å²) in [7, 11) is 0. The van der Waals surface area contributed by atoms with E-state index in [1.54, 1.807) is 6.20 Å². The summed E-state index contributed by atoms with van der Waals surface area (Å²) in [4.78, 5) is 4.30. The van der Waals surface area contributed by atoms with Crippen molar-refractivity contribution in [3.8, 4) is 10.9 Å². The molecule has 2 aromatic heterocycles. The number of nitrogens with zero attached hydrogens (tertiary/aromatic N) is 3. The van der Waals surface area contributed by atoms with Gasteiger partial charge in [-0.25, -0.2) is 0 Å². The van der Waals surface area contributed by atoms with Gasteiger partial charge in [0.05, 0.1) is 11.7 Å². The zero-order valence-corrected chi connectivity index (χ0v) is 10.9. The second-order valence-electron chi connectivity index (χ2n) is 3.29. The third-order valence-electron chi connectivity index (χ3n) is 2.15. The van der Waals surface area contributed by atoms with Gasteiger partial charge in [-0.2, -0.15) is 0 Å². The van der Waals surface area contributed by atoms with Crippen LogP contribution < -0.4 is 4.74 Å². The number of benzene rings is 1. The predicted octanol–water partition coefficient (Wildman–Crippen LogP) is 3.64. The minimum atomic E-state index is 0.494. The molecular weight excluding hydrogens is 302 g/mol. The second-order valence-corrected chi connectivity index (χ2v) is 5.50. The van der Waals surface area contributed by atoms with Crippen LogP contribution in [-0.4, -0.2) is 15.2 Å². The molecular formula is C11H6BrN3OS. The van der Waals surface area contributed by atoms with Gasteiger partial charge in [-0.15, -0.1) is 5.10 Å². The highest BCUT2D eigenvalue weighted by Gasteiger charge is 2.05. The fourth-order valence-corrected chi connectivity index (χ4v) is 2.38. The van der Waals surface area contributed by atoms with E-state index in [2.05, 4.69) is 31.1 Å². The van der Waals surface area contributed by atoms with Crippen molar-refractivity contribution in [2.75, 3.05) is 0 Å². The molecule has 3 aromatic rings. The van der Waals surface area contributed by atoms with E-state index < -0.39 is 0 Å². The number of ether oxygens (including phenoxy) is 1. The Labute approximate surface area is 109 Å². The molecule has 3 rings (SSSR count). The summed E-state index contributed by atoms with van der Waals surface area (Å²) in [6.45, 7) is 0. The van der Waals surface area contributed by atoms with Gasteiger partial charge in [-0.05, 0) is 39.4 Å². The normalized spacial score (nSPS) is 10.6. The number of hydrogen-bond acceptors (Lipinski definition) is 5. The van der Waals surface area contributed by atoms with Crippen molar-refractivity contribution in [1.29, 1.82) is 0 Å². The maximum Gasteiger partial charge on any atom is 0.300 e. The summed E-state index contributed by atoms with van der Waals surface area (Å²) in [6.07, 6.45) is 1.68. The standard InChI is InChI=1S/C11H6BrN3OS/c12-10-14-15-11(17-10)16-8-5-7-3-1-2-4-9(7)13-6-8/h1-6H. The number of pyridine rings is 1. The van der Waals surface area contributed by atoms with Crippen LogP contribution >= 0.6 is 27.3 Å². The molecule has 0 saturated heterocycles. The molecule has 0 atom stereocenters. The number of hydrogen-bond donors (Lipinski definition) is 0. The average Bonchev–Trinajstić information content (AvgIpc) is 2.75. The first-order valence-electron chi connectivity index (χ1n) is 4.83. The van der Waals surface area contributed by atoms with E-state index in [0.717, 1.165) is 10.9 Å². The fourth-order valence-electron chi connectivity index (χ4n) is 1.44. The first-order chi connectivity index (χ1) is 8.31. The van der Waals surface area contributed by atoms with Gasteiger partial charge < -0.3 is 4.74 Å². The molecule has 0 aliphatic carbocycles. The first kappa shape index (κ1) is 10.6. The minimum Gasteiger partial charge on any atom is -0.428 e. The van der Waals surface area contributed by atoms with Crippen molar-refractivity contribution in [1.82, 2.24) is 15.2 Å². The molecule has 2 heterocycles. The van der Waals surface area contributed by atoms with E-state index in [1.807, 2.05) is 30.3 Å². The molecule has 0 bridgehead atoms. The number of para-hydroxylation sites is 1. The zero-order valence-electron chi connectivity index (χ0n) is 8.50. The molecule has 0 aliphatic heterocycles. The highest BCUT2D eigenvalue weighted by Crippen LogP contribution is 2.28. The Kier molecular flexibility index (Phi) is 2.74. The average molecular weight is 308 g/mol. The highest BCUT2D eigenvalue weighted by molar-refractivity contribution is 9.11. The van der Waals surface area contributed by atoms with Crippen LogP contribution in [0, 0.1) is 0 Å². The maximum absolute atomic E-state index is 5.56. The van der Waals surface area contributed by atoms with Crippen molar-refractivity contribution in [3.63, 3.8) is 0 Å².